The number of fused-ring (bicyclic) bond motifs is 9. The van der Waals surface area contributed by atoms with Crippen LogP contribution in [0.15, 0.2) is 127 Å². The van der Waals surface area contributed by atoms with Gasteiger partial charge in [0.1, 0.15) is 0 Å². The summed E-state index contributed by atoms with van der Waals surface area (Å²) in [6.45, 7) is 7.60. The lowest BCUT2D eigenvalue weighted by Crippen LogP contribution is -1.94. The van der Waals surface area contributed by atoms with E-state index in [0.29, 0.717) is 5.69 Å². The van der Waals surface area contributed by atoms with Crippen molar-refractivity contribution in [2.75, 3.05) is 0 Å². The van der Waals surface area contributed by atoms with Crippen molar-refractivity contribution in [3.05, 3.63) is 139 Å². The van der Waals surface area contributed by atoms with E-state index in [1.54, 1.807) is 0 Å². The lowest BCUT2D eigenvalue weighted by molar-refractivity contribution is 1.18. The van der Waals surface area contributed by atoms with Gasteiger partial charge >= 0.3 is 0 Å². The van der Waals surface area contributed by atoms with E-state index < -0.39 is 0 Å². The molecule has 3 heterocycles. The number of hydrogen-bond acceptors (Lipinski definition) is 1. The van der Waals surface area contributed by atoms with Crippen molar-refractivity contribution in [3.8, 4) is 11.4 Å². The molecule has 4 heteroatoms. The number of para-hydroxylation sites is 3. The molecule has 41 heavy (non-hydrogen) atoms. The lowest BCUT2D eigenvalue weighted by atomic mass is 10.1. The minimum atomic E-state index is 0.652. The summed E-state index contributed by atoms with van der Waals surface area (Å²) in [6, 6.07) is 45.5. The summed E-state index contributed by atoms with van der Waals surface area (Å²) >= 11 is 1.84. The van der Waals surface area contributed by atoms with E-state index in [4.69, 9.17) is 6.57 Å². The van der Waals surface area contributed by atoms with Gasteiger partial charge in [0.15, 0.2) is 5.69 Å². The smallest absolute Gasteiger partial charge is 0.189 e. The van der Waals surface area contributed by atoms with Crippen LogP contribution in [0.1, 0.15) is 0 Å². The molecule has 9 aromatic rings. The van der Waals surface area contributed by atoms with Crippen LogP contribution in [-0.2, 0) is 0 Å². The van der Waals surface area contributed by atoms with Gasteiger partial charge in [-0.15, -0.1) is 11.3 Å². The Balaban J connectivity index is 1.32. The summed E-state index contributed by atoms with van der Waals surface area (Å²) in [5.41, 5.74) is 7.56. The second-order valence-electron chi connectivity index (χ2n) is 10.5. The zero-order valence-electron chi connectivity index (χ0n) is 21.9. The van der Waals surface area contributed by atoms with Crippen molar-refractivity contribution in [3.63, 3.8) is 0 Å². The molecule has 0 aliphatic carbocycles. The third-order valence-corrected chi connectivity index (χ3v) is 9.47. The molecule has 0 radical (unpaired) electrons. The third kappa shape index (κ3) is 3.12. The fourth-order valence-corrected chi connectivity index (χ4v) is 7.61. The van der Waals surface area contributed by atoms with E-state index in [0.717, 1.165) is 22.1 Å². The van der Waals surface area contributed by atoms with Crippen molar-refractivity contribution in [1.29, 1.82) is 0 Å². The number of nitrogens with zero attached hydrogens (tertiary/aromatic N) is 3. The number of benzene rings is 6. The van der Waals surface area contributed by atoms with E-state index in [1.807, 2.05) is 23.5 Å². The summed E-state index contributed by atoms with van der Waals surface area (Å²) < 4.78 is 7.24. The number of thiophene rings is 1. The van der Waals surface area contributed by atoms with E-state index in [1.165, 1.54) is 53.1 Å². The third-order valence-electron chi connectivity index (χ3n) is 8.32. The molecule has 0 amide bonds. The summed E-state index contributed by atoms with van der Waals surface area (Å²) in [5.74, 6) is 0. The largest absolute Gasteiger partial charge is 0.310 e. The predicted octanol–water partition coefficient (Wildman–Crippen LogP) is 10.8. The molecule has 0 atom stereocenters. The Morgan fingerprint density at radius 3 is 1.41 bits per heavy atom. The molecular formula is C37H21N3S. The summed E-state index contributed by atoms with van der Waals surface area (Å²) in [7, 11) is 0. The van der Waals surface area contributed by atoms with Gasteiger partial charge in [0.2, 0.25) is 0 Å². The van der Waals surface area contributed by atoms with Crippen LogP contribution in [0.5, 0.6) is 0 Å². The van der Waals surface area contributed by atoms with E-state index in [2.05, 4.69) is 129 Å². The molecule has 0 aliphatic heterocycles. The minimum Gasteiger partial charge on any atom is -0.310 e. The van der Waals surface area contributed by atoms with Crippen molar-refractivity contribution >= 4 is 80.8 Å². The van der Waals surface area contributed by atoms with Crippen molar-refractivity contribution in [2.45, 2.75) is 0 Å². The van der Waals surface area contributed by atoms with Gasteiger partial charge in [0, 0.05) is 58.6 Å². The Labute approximate surface area is 239 Å². The summed E-state index contributed by atoms with van der Waals surface area (Å²) in [6.07, 6.45) is 0. The Hall–Kier alpha value is -5.37. The van der Waals surface area contributed by atoms with E-state index in [9.17, 15) is 0 Å². The molecule has 0 saturated carbocycles. The number of aromatic nitrogens is 2. The number of rotatable bonds is 2. The van der Waals surface area contributed by atoms with Gasteiger partial charge in [0.05, 0.1) is 23.1 Å². The van der Waals surface area contributed by atoms with Crippen LogP contribution in [0.4, 0.5) is 5.69 Å². The van der Waals surface area contributed by atoms with E-state index >= 15 is 0 Å². The van der Waals surface area contributed by atoms with Gasteiger partial charge < -0.3 is 9.13 Å². The van der Waals surface area contributed by atoms with Crippen molar-refractivity contribution < 1.29 is 0 Å². The fraction of sp³-hybridized carbons (Fsp3) is 0. The molecule has 0 saturated heterocycles. The van der Waals surface area contributed by atoms with Gasteiger partial charge in [-0.1, -0.05) is 66.7 Å². The van der Waals surface area contributed by atoms with Crippen molar-refractivity contribution in [1.82, 2.24) is 9.13 Å². The highest BCUT2D eigenvalue weighted by atomic mass is 32.1. The highest BCUT2D eigenvalue weighted by Gasteiger charge is 2.16. The molecule has 190 valence electrons. The molecule has 3 aromatic heterocycles. The normalized spacial score (nSPS) is 11.9. The maximum Gasteiger partial charge on any atom is 0.189 e. The second-order valence-corrected chi connectivity index (χ2v) is 11.6. The molecule has 3 nitrogen and oxygen atoms in total. The van der Waals surface area contributed by atoms with Crippen LogP contribution in [0.2, 0.25) is 0 Å². The van der Waals surface area contributed by atoms with Crippen LogP contribution >= 0.6 is 11.3 Å². The van der Waals surface area contributed by atoms with Crippen LogP contribution in [0.3, 0.4) is 0 Å². The highest BCUT2D eigenvalue weighted by molar-refractivity contribution is 7.25. The monoisotopic (exact) mass is 539 g/mol. The Bertz CT molecular complexity index is 2500. The Morgan fingerprint density at radius 1 is 0.439 bits per heavy atom. The van der Waals surface area contributed by atoms with Crippen LogP contribution < -0.4 is 0 Å². The highest BCUT2D eigenvalue weighted by Crippen LogP contribution is 2.40. The lowest BCUT2D eigenvalue weighted by Gasteiger charge is -2.10. The van der Waals surface area contributed by atoms with Gasteiger partial charge in [-0.2, -0.15) is 0 Å². The first-order valence-electron chi connectivity index (χ1n) is 13.6. The molecule has 0 bridgehead atoms. The first-order chi connectivity index (χ1) is 20.3. The molecule has 0 N–H and O–H groups in total. The fourth-order valence-electron chi connectivity index (χ4n) is 6.54. The summed E-state index contributed by atoms with van der Waals surface area (Å²) in [4.78, 5) is 3.72. The first kappa shape index (κ1) is 22.4. The minimum absolute atomic E-state index is 0.652. The molecule has 0 unspecified atom stereocenters. The number of hydrogen-bond donors (Lipinski definition) is 0. The van der Waals surface area contributed by atoms with Crippen LogP contribution in [0.25, 0.3) is 80.0 Å². The Morgan fingerprint density at radius 2 is 0.902 bits per heavy atom. The van der Waals surface area contributed by atoms with Crippen LogP contribution in [-0.4, -0.2) is 9.13 Å². The molecule has 9 rings (SSSR count). The van der Waals surface area contributed by atoms with Gasteiger partial charge in [-0.05, 0) is 60.7 Å². The SMILES string of the molecule is [C-]#[N+]c1ccc2c3ccccc3n(-c3ccc4sc5ccc(-n6c7ccccc7c7ccccc76)cc5c4c3)c2c1. The van der Waals surface area contributed by atoms with E-state index in [-0.39, 0.29) is 0 Å². The van der Waals surface area contributed by atoms with Crippen molar-refractivity contribution in [2.24, 2.45) is 0 Å². The summed E-state index contributed by atoms with van der Waals surface area (Å²) in [5, 5.41) is 7.41. The molecule has 0 aliphatic rings. The van der Waals surface area contributed by atoms with Gasteiger partial charge in [-0.3, -0.25) is 0 Å². The quantitative estimate of drug-likeness (QED) is 0.194. The maximum atomic E-state index is 7.60. The first-order valence-corrected chi connectivity index (χ1v) is 14.5. The topological polar surface area (TPSA) is 14.2 Å². The zero-order valence-corrected chi connectivity index (χ0v) is 22.7. The average molecular weight is 540 g/mol. The average Bonchev–Trinajstić information content (AvgIpc) is 3.67. The molecule has 6 aromatic carbocycles. The van der Waals surface area contributed by atoms with Gasteiger partial charge in [-0.25, -0.2) is 4.85 Å². The molecule has 0 fully saturated rings. The Kier molecular flexibility index (Phi) is 4.55. The molecule has 0 spiro atoms. The zero-order chi connectivity index (χ0) is 27.1. The maximum absolute atomic E-state index is 7.60. The predicted molar refractivity (Wildman–Crippen MR) is 174 cm³/mol. The standard InChI is InChI=1S/C37H21N3S/c1-38-23-14-17-29-28-10-4-7-13-34(28)40(35(29)20-23)25-16-19-37-31(22-25)30-21-24(15-18-36(30)41-37)39-32-11-5-2-8-26(32)27-9-3-6-12-33(27)39/h2-22H. The van der Waals surface area contributed by atoms with Gasteiger partial charge in [0.25, 0.3) is 0 Å². The second kappa shape index (κ2) is 8.32. The molecular weight excluding hydrogens is 518 g/mol. The van der Waals surface area contributed by atoms with Crippen LogP contribution in [0, 0.1) is 6.57 Å².